The van der Waals surface area contributed by atoms with Crippen LogP contribution in [0.2, 0.25) is 0 Å². The number of carbonyl (C=O) groups excluding carboxylic acids is 2. The van der Waals surface area contributed by atoms with Crippen LogP contribution in [0.3, 0.4) is 0 Å². The van der Waals surface area contributed by atoms with E-state index in [1.54, 1.807) is 75.9 Å². The Morgan fingerprint density at radius 3 is 2.60 bits per heavy atom. The lowest BCUT2D eigenvalue weighted by Crippen LogP contribution is -2.38. The SMILES string of the molecule is CCn1cc(-c2ccccc2[C@@H]2CN(C(=O)/C=C/[C@H](C)NC(=O)OC(C)(C)C)Cc3sc(C#N)cc32)c(C(F)(F)F)n1. The molecule has 3 heterocycles. The Bertz CT molecular complexity index is 1540. The van der Waals surface area contributed by atoms with Crippen LogP contribution in [-0.4, -0.2) is 44.9 Å². The lowest BCUT2D eigenvalue weighted by Gasteiger charge is -2.33. The molecule has 222 valence electrons. The molecule has 0 bridgehead atoms. The number of carbonyl (C=O) groups is 2. The number of ether oxygens (including phenoxy) is 1. The molecule has 2 amide bonds. The summed E-state index contributed by atoms with van der Waals surface area (Å²) in [6.07, 6.45) is -0.965. The molecule has 2 atom stereocenters. The van der Waals surface area contributed by atoms with Crippen LogP contribution < -0.4 is 5.32 Å². The molecule has 1 N–H and O–H groups in total. The molecule has 0 radical (unpaired) electrons. The van der Waals surface area contributed by atoms with Gasteiger partial charge in [-0.1, -0.05) is 30.3 Å². The fraction of sp³-hybridized carbons (Fsp3) is 0.400. The van der Waals surface area contributed by atoms with E-state index in [1.807, 2.05) is 0 Å². The fourth-order valence-electron chi connectivity index (χ4n) is 4.82. The number of halogens is 3. The highest BCUT2D eigenvalue weighted by Crippen LogP contribution is 2.44. The maximum atomic E-state index is 14.0. The summed E-state index contributed by atoms with van der Waals surface area (Å²) in [6, 6.07) is 10.2. The quantitative estimate of drug-likeness (QED) is 0.328. The number of aryl methyl sites for hydroxylation is 1. The van der Waals surface area contributed by atoms with Crippen molar-refractivity contribution in [1.82, 2.24) is 20.0 Å². The van der Waals surface area contributed by atoms with E-state index in [0.29, 0.717) is 16.0 Å². The summed E-state index contributed by atoms with van der Waals surface area (Å²) in [5.41, 5.74) is 0.0993. The van der Waals surface area contributed by atoms with Gasteiger partial charge < -0.3 is 15.0 Å². The van der Waals surface area contributed by atoms with Crippen molar-refractivity contribution in [1.29, 1.82) is 5.26 Å². The minimum absolute atomic E-state index is 0.0392. The number of fused-ring (bicyclic) bond motifs is 1. The summed E-state index contributed by atoms with van der Waals surface area (Å²) < 4.78 is 48.6. The van der Waals surface area contributed by atoms with Gasteiger partial charge in [0.1, 0.15) is 16.5 Å². The number of rotatable bonds is 6. The first-order valence-electron chi connectivity index (χ1n) is 13.4. The van der Waals surface area contributed by atoms with Gasteiger partial charge in [0.05, 0.1) is 6.54 Å². The number of amides is 2. The second kappa shape index (κ2) is 12.0. The molecule has 2 aromatic heterocycles. The van der Waals surface area contributed by atoms with Gasteiger partial charge in [-0.3, -0.25) is 9.48 Å². The maximum absolute atomic E-state index is 14.0. The summed E-state index contributed by atoms with van der Waals surface area (Å²) in [6.45, 7) is 9.36. The molecule has 12 heteroatoms. The highest BCUT2D eigenvalue weighted by atomic mass is 32.1. The number of thiophene rings is 1. The Morgan fingerprint density at radius 1 is 1.24 bits per heavy atom. The van der Waals surface area contributed by atoms with Gasteiger partial charge in [0, 0.05) is 47.8 Å². The molecule has 0 aliphatic carbocycles. The van der Waals surface area contributed by atoms with Crippen molar-refractivity contribution >= 4 is 23.3 Å². The van der Waals surface area contributed by atoms with Gasteiger partial charge in [-0.15, -0.1) is 11.3 Å². The average molecular weight is 600 g/mol. The summed E-state index contributed by atoms with van der Waals surface area (Å²) in [4.78, 5) is 28.3. The summed E-state index contributed by atoms with van der Waals surface area (Å²) >= 11 is 1.26. The topological polar surface area (TPSA) is 100 Å². The molecule has 0 spiro atoms. The van der Waals surface area contributed by atoms with Crippen LogP contribution in [0.5, 0.6) is 0 Å². The van der Waals surface area contributed by atoms with Crippen LogP contribution in [-0.2, 0) is 28.8 Å². The molecular weight excluding hydrogens is 567 g/mol. The molecule has 0 saturated carbocycles. The molecule has 0 saturated heterocycles. The van der Waals surface area contributed by atoms with E-state index in [2.05, 4.69) is 16.5 Å². The second-order valence-corrected chi connectivity index (χ2v) is 12.1. The van der Waals surface area contributed by atoms with Crippen molar-refractivity contribution in [2.75, 3.05) is 6.54 Å². The highest BCUT2D eigenvalue weighted by Gasteiger charge is 2.39. The first-order valence-corrected chi connectivity index (χ1v) is 14.2. The van der Waals surface area contributed by atoms with Gasteiger partial charge in [-0.2, -0.15) is 23.5 Å². The standard InChI is InChI=1S/C30H32F3N5O3S/c1-6-38-16-24(27(36-38)30(31,32)33)21-10-8-7-9-20(21)23-15-37(17-25-22(23)13-19(14-34)42-25)26(39)12-11-18(2)35-28(40)41-29(3,4)5/h7-13,16,18,23H,6,15,17H2,1-5H3,(H,35,40)/b12-11+/t18-,23-/m0/s1. The largest absolute Gasteiger partial charge is 0.444 e. The van der Waals surface area contributed by atoms with Crippen LogP contribution in [0.15, 0.2) is 48.7 Å². The average Bonchev–Trinajstić information content (AvgIpc) is 3.54. The predicted molar refractivity (Wildman–Crippen MR) is 153 cm³/mol. The zero-order chi connectivity index (χ0) is 30.8. The number of benzene rings is 1. The van der Waals surface area contributed by atoms with Gasteiger partial charge >= 0.3 is 12.3 Å². The summed E-state index contributed by atoms with van der Waals surface area (Å²) in [5.74, 6) is -0.813. The predicted octanol–water partition coefficient (Wildman–Crippen LogP) is 6.47. The van der Waals surface area contributed by atoms with E-state index in [9.17, 15) is 28.0 Å². The van der Waals surface area contributed by atoms with E-state index >= 15 is 0 Å². The smallest absolute Gasteiger partial charge is 0.435 e. The number of nitrogens with zero attached hydrogens (tertiary/aromatic N) is 4. The lowest BCUT2D eigenvalue weighted by molar-refractivity contribution is -0.141. The Kier molecular flexibility index (Phi) is 8.82. The fourth-order valence-corrected chi connectivity index (χ4v) is 5.85. The second-order valence-electron chi connectivity index (χ2n) is 11.0. The van der Waals surface area contributed by atoms with Crippen molar-refractivity contribution in [3.8, 4) is 17.2 Å². The Labute approximate surface area is 246 Å². The van der Waals surface area contributed by atoms with Gasteiger partial charge in [0.2, 0.25) is 5.91 Å². The molecule has 0 fully saturated rings. The third kappa shape index (κ3) is 7.02. The Balaban J connectivity index is 1.67. The number of hydrogen-bond acceptors (Lipinski definition) is 6. The lowest BCUT2D eigenvalue weighted by atomic mass is 9.83. The number of alkyl carbamates (subject to hydrolysis) is 1. The first-order chi connectivity index (χ1) is 19.7. The van der Waals surface area contributed by atoms with Gasteiger partial charge in [-0.25, -0.2) is 4.79 Å². The third-order valence-electron chi connectivity index (χ3n) is 6.63. The minimum atomic E-state index is -4.66. The minimum Gasteiger partial charge on any atom is -0.444 e. The zero-order valence-electron chi connectivity index (χ0n) is 24.0. The molecule has 8 nitrogen and oxygen atoms in total. The maximum Gasteiger partial charge on any atom is 0.435 e. The number of nitriles is 1. The number of hydrogen-bond donors (Lipinski definition) is 1. The van der Waals surface area contributed by atoms with Gasteiger partial charge in [0.15, 0.2) is 5.69 Å². The Hall–Kier alpha value is -4.11. The van der Waals surface area contributed by atoms with Crippen LogP contribution in [0, 0.1) is 11.3 Å². The molecule has 42 heavy (non-hydrogen) atoms. The Morgan fingerprint density at radius 2 is 1.95 bits per heavy atom. The van der Waals surface area contributed by atoms with Gasteiger partial charge in [0.25, 0.3) is 0 Å². The molecule has 1 aliphatic rings. The van der Waals surface area contributed by atoms with Crippen LogP contribution in [0.25, 0.3) is 11.1 Å². The normalized spacial score (nSPS) is 16.2. The monoisotopic (exact) mass is 599 g/mol. The molecule has 0 unspecified atom stereocenters. The number of aromatic nitrogens is 2. The van der Waals surface area contributed by atoms with Crippen molar-refractivity contribution in [2.45, 2.75) is 71.4 Å². The van der Waals surface area contributed by atoms with E-state index < -0.39 is 35.5 Å². The summed E-state index contributed by atoms with van der Waals surface area (Å²) in [7, 11) is 0. The molecule has 4 rings (SSSR count). The van der Waals surface area contributed by atoms with Crippen LogP contribution >= 0.6 is 11.3 Å². The molecule has 1 aromatic carbocycles. The number of nitrogens with one attached hydrogen (secondary N) is 1. The third-order valence-corrected chi connectivity index (χ3v) is 7.67. The van der Waals surface area contributed by atoms with Crippen LogP contribution in [0.1, 0.15) is 67.1 Å². The molecule has 3 aromatic rings. The van der Waals surface area contributed by atoms with Gasteiger partial charge in [-0.05, 0) is 57.4 Å². The van der Waals surface area contributed by atoms with E-state index in [0.717, 1.165) is 10.4 Å². The van der Waals surface area contributed by atoms with E-state index in [-0.39, 0.29) is 31.1 Å². The highest BCUT2D eigenvalue weighted by molar-refractivity contribution is 7.12. The molecule has 1 aliphatic heterocycles. The zero-order valence-corrected chi connectivity index (χ0v) is 24.8. The summed E-state index contributed by atoms with van der Waals surface area (Å²) in [5, 5.41) is 16.0. The van der Waals surface area contributed by atoms with Crippen molar-refractivity contribution in [2.24, 2.45) is 0 Å². The first kappa shape index (κ1) is 30.8. The van der Waals surface area contributed by atoms with Crippen LogP contribution in [0.4, 0.5) is 18.0 Å². The van der Waals surface area contributed by atoms with E-state index in [4.69, 9.17) is 4.74 Å². The van der Waals surface area contributed by atoms with Crippen molar-refractivity contribution in [3.63, 3.8) is 0 Å². The molecular formula is C30H32F3N5O3S. The van der Waals surface area contributed by atoms with Crippen molar-refractivity contribution in [3.05, 3.63) is 75.3 Å². The number of alkyl halides is 3. The van der Waals surface area contributed by atoms with E-state index in [1.165, 1.54) is 28.3 Å². The van der Waals surface area contributed by atoms with Crippen molar-refractivity contribution < 1.29 is 27.5 Å².